The van der Waals surface area contributed by atoms with E-state index in [0.29, 0.717) is 11.7 Å². The molecule has 0 saturated heterocycles. The summed E-state index contributed by atoms with van der Waals surface area (Å²) in [6.07, 6.45) is 2.63. The monoisotopic (exact) mass is 267 g/mol. The average Bonchev–Trinajstić information content (AvgIpc) is 2.79. The number of para-hydroxylation sites is 1. The molecule has 0 saturated carbocycles. The van der Waals surface area contributed by atoms with Crippen molar-refractivity contribution in [3.63, 3.8) is 0 Å². The number of fused-ring (bicyclic) bond motifs is 1. The number of benzene rings is 1. The highest BCUT2D eigenvalue weighted by atomic mass is 16.5. The number of rotatable bonds is 3. The van der Waals surface area contributed by atoms with E-state index in [4.69, 9.17) is 10.3 Å². The molecule has 1 aromatic carbocycles. The van der Waals surface area contributed by atoms with E-state index < -0.39 is 0 Å². The number of nitrogens with two attached hydrogens (primary N) is 1. The first kappa shape index (κ1) is 12.7. The van der Waals surface area contributed by atoms with Crippen molar-refractivity contribution in [3.8, 4) is 11.3 Å². The van der Waals surface area contributed by atoms with Crippen molar-refractivity contribution in [1.29, 1.82) is 0 Å². The van der Waals surface area contributed by atoms with Gasteiger partial charge in [-0.1, -0.05) is 37.2 Å². The molecule has 3 rings (SSSR count). The molecule has 0 aliphatic rings. The summed E-state index contributed by atoms with van der Waals surface area (Å²) in [4.78, 5) is 4.46. The maximum absolute atomic E-state index is 5.95. The fourth-order valence-electron chi connectivity index (χ4n) is 2.43. The van der Waals surface area contributed by atoms with Crippen molar-refractivity contribution in [1.82, 2.24) is 10.1 Å². The van der Waals surface area contributed by atoms with Gasteiger partial charge >= 0.3 is 0 Å². The van der Waals surface area contributed by atoms with Gasteiger partial charge in [0.2, 0.25) is 0 Å². The van der Waals surface area contributed by atoms with E-state index in [2.05, 4.69) is 24.0 Å². The lowest BCUT2D eigenvalue weighted by molar-refractivity contribution is 0.434. The van der Waals surface area contributed by atoms with Gasteiger partial charge in [-0.2, -0.15) is 0 Å². The quantitative estimate of drug-likeness (QED) is 0.786. The molecule has 0 fully saturated rings. The van der Waals surface area contributed by atoms with E-state index in [1.54, 1.807) is 6.20 Å². The zero-order valence-corrected chi connectivity index (χ0v) is 11.6. The van der Waals surface area contributed by atoms with Crippen LogP contribution in [0.2, 0.25) is 0 Å². The maximum atomic E-state index is 5.95. The Kier molecular flexibility index (Phi) is 3.14. The van der Waals surface area contributed by atoms with Crippen molar-refractivity contribution in [2.45, 2.75) is 20.3 Å². The summed E-state index contributed by atoms with van der Waals surface area (Å²) in [6.45, 7) is 4.30. The van der Waals surface area contributed by atoms with Crippen LogP contribution in [0.25, 0.3) is 22.2 Å². The second-order valence-corrected chi connectivity index (χ2v) is 5.35. The fraction of sp³-hybridized carbons (Fsp3) is 0.250. The molecule has 102 valence electrons. The van der Waals surface area contributed by atoms with Gasteiger partial charge in [0.15, 0.2) is 11.6 Å². The summed E-state index contributed by atoms with van der Waals surface area (Å²) in [5.41, 5.74) is 8.78. The van der Waals surface area contributed by atoms with Crippen molar-refractivity contribution in [2.75, 3.05) is 5.73 Å². The predicted octanol–water partition coefficient (Wildman–Crippen LogP) is 3.67. The van der Waals surface area contributed by atoms with Gasteiger partial charge in [0.05, 0.1) is 5.52 Å². The third kappa shape index (κ3) is 2.13. The molecule has 4 heteroatoms. The molecule has 2 heterocycles. The zero-order valence-electron chi connectivity index (χ0n) is 11.6. The van der Waals surface area contributed by atoms with Gasteiger partial charge in [0.1, 0.15) is 0 Å². The Morgan fingerprint density at radius 3 is 2.80 bits per heavy atom. The molecule has 0 amide bonds. The van der Waals surface area contributed by atoms with Crippen molar-refractivity contribution in [3.05, 3.63) is 42.1 Å². The molecule has 0 radical (unpaired) electrons. The van der Waals surface area contributed by atoms with Gasteiger partial charge in [0, 0.05) is 22.7 Å². The average molecular weight is 267 g/mol. The van der Waals surface area contributed by atoms with E-state index in [9.17, 15) is 0 Å². The van der Waals surface area contributed by atoms with Gasteiger partial charge in [-0.05, 0) is 24.5 Å². The second-order valence-electron chi connectivity index (χ2n) is 5.35. The topological polar surface area (TPSA) is 64.9 Å². The normalized spacial score (nSPS) is 11.3. The Bertz CT molecular complexity index is 741. The number of nitrogens with zero attached hydrogens (tertiary/aromatic N) is 2. The van der Waals surface area contributed by atoms with Gasteiger partial charge in [-0.25, -0.2) is 0 Å². The molecular weight excluding hydrogens is 250 g/mol. The molecule has 3 aromatic rings. The minimum absolute atomic E-state index is 0.474. The molecule has 2 N–H and O–H groups in total. The Hall–Kier alpha value is -2.36. The Morgan fingerprint density at radius 2 is 2.00 bits per heavy atom. The first-order valence-corrected chi connectivity index (χ1v) is 6.75. The van der Waals surface area contributed by atoms with Crippen molar-refractivity contribution < 1.29 is 4.52 Å². The van der Waals surface area contributed by atoms with E-state index in [1.807, 2.05) is 30.3 Å². The molecule has 4 nitrogen and oxygen atoms in total. The van der Waals surface area contributed by atoms with Crippen LogP contribution in [0.1, 0.15) is 19.4 Å². The van der Waals surface area contributed by atoms with Gasteiger partial charge < -0.3 is 10.3 Å². The standard InChI is InChI=1S/C16H17N3O/c1-10(2)9-13-15(20-19-16(13)17)12-7-3-5-11-6-4-8-18-14(11)12/h3-8,10H,9H2,1-2H3,(H2,17,19). The number of aromatic nitrogens is 2. The van der Waals surface area contributed by atoms with E-state index in [1.165, 1.54) is 0 Å². The zero-order chi connectivity index (χ0) is 14.1. The third-order valence-corrected chi connectivity index (χ3v) is 3.31. The number of pyridine rings is 1. The fourth-order valence-corrected chi connectivity index (χ4v) is 2.43. The molecule has 0 bridgehead atoms. The summed E-state index contributed by atoms with van der Waals surface area (Å²) in [5.74, 6) is 1.69. The Balaban J connectivity index is 2.21. The molecule has 0 atom stereocenters. The molecule has 0 unspecified atom stereocenters. The summed E-state index contributed by atoms with van der Waals surface area (Å²) < 4.78 is 5.48. The Labute approximate surface area is 117 Å². The lowest BCUT2D eigenvalue weighted by Crippen LogP contribution is -1.99. The maximum Gasteiger partial charge on any atom is 0.174 e. The highest BCUT2D eigenvalue weighted by molar-refractivity contribution is 5.93. The molecular formula is C16H17N3O. The van der Waals surface area contributed by atoms with Gasteiger partial charge in [-0.15, -0.1) is 0 Å². The smallest absolute Gasteiger partial charge is 0.174 e. The van der Waals surface area contributed by atoms with Crippen LogP contribution < -0.4 is 5.73 Å². The van der Waals surface area contributed by atoms with E-state index in [-0.39, 0.29) is 0 Å². The Morgan fingerprint density at radius 1 is 1.20 bits per heavy atom. The molecule has 0 aliphatic carbocycles. The molecule has 20 heavy (non-hydrogen) atoms. The lowest BCUT2D eigenvalue weighted by Gasteiger charge is -2.07. The van der Waals surface area contributed by atoms with Crippen LogP contribution in [0.4, 0.5) is 5.82 Å². The number of nitrogen functional groups attached to an aromatic ring is 1. The summed E-state index contributed by atoms with van der Waals surface area (Å²) >= 11 is 0. The van der Waals surface area contributed by atoms with Crippen LogP contribution in [0.15, 0.2) is 41.1 Å². The second kappa shape index (κ2) is 4.96. The summed E-state index contributed by atoms with van der Waals surface area (Å²) in [7, 11) is 0. The van der Waals surface area contributed by atoms with Crippen molar-refractivity contribution in [2.24, 2.45) is 5.92 Å². The minimum atomic E-state index is 0.474. The third-order valence-electron chi connectivity index (χ3n) is 3.31. The predicted molar refractivity (Wildman–Crippen MR) is 80.2 cm³/mol. The number of anilines is 1. The van der Waals surface area contributed by atoms with Gasteiger partial charge in [-0.3, -0.25) is 4.98 Å². The molecule has 0 spiro atoms. The highest BCUT2D eigenvalue weighted by Gasteiger charge is 2.18. The highest BCUT2D eigenvalue weighted by Crippen LogP contribution is 2.33. The molecule has 0 aliphatic heterocycles. The summed E-state index contributed by atoms with van der Waals surface area (Å²) in [5, 5.41) is 5.01. The SMILES string of the molecule is CC(C)Cc1c(N)noc1-c1cccc2cccnc12. The van der Waals surface area contributed by atoms with Crippen LogP contribution in [-0.2, 0) is 6.42 Å². The lowest BCUT2D eigenvalue weighted by atomic mass is 9.98. The van der Waals surface area contributed by atoms with Gasteiger partial charge in [0.25, 0.3) is 0 Å². The van der Waals surface area contributed by atoms with Crippen LogP contribution in [0.5, 0.6) is 0 Å². The molecule has 2 aromatic heterocycles. The van der Waals surface area contributed by atoms with Crippen LogP contribution in [0.3, 0.4) is 0 Å². The van der Waals surface area contributed by atoms with E-state index in [0.717, 1.165) is 34.2 Å². The van der Waals surface area contributed by atoms with Crippen LogP contribution >= 0.6 is 0 Å². The summed E-state index contributed by atoms with van der Waals surface area (Å²) in [6, 6.07) is 9.99. The largest absolute Gasteiger partial charge is 0.381 e. The first-order chi connectivity index (χ1) is 9.66. The van der Waals surface area contributed by atoms with Crippen LogP contribution in [0, 0.1) is 5.92 Å². The minimum Gasteiger partial charge on any atom is -0.381 e. The first-order valence-electron chi connectivity index (χ1n) is 6.75. The van der Waals surface area contributed by atoms with Crippen molar-refractivity contribution >= 4 is 16.7 Å². The number of hydrogen-bond acceptors (Lipinski definition) is 4. The van der Waals surface area contributed by atoms with E-state index >= 15 is 0 Å². The number of hydrogen-bond donors (Lipinski definition) is 1. The van der Waals surface area contributed by atoms with Crippen LogP contribution in [-0.4, -0.2) is 10.1 Å².